The van der Waals surface area contributed by atoms with Gasteiger partial charge in [0.1, 0.15) is 0 Å². The highest BCUT2D eigenvalue weighted by Crippen LogP contribution is 2.21. The number of hydrogen-bond acceptors (Lipinski definition) is 5. The van der Waals surface area contributed by atoms with Gasteiger partial charge in [-0.15, -0.1) is 0 Å². The highest BCUT2D eigenvalue weighted by Gasteiger charge is 2.27. The average Bonchev–Trinajstić information content (AvgIpc) is 2.57. The van der Waals surface area contributed by atoms with Gasteiger partial charge in [0.25, 0.3) is 0 Å². The lowest BCUT2D eigenvalue weighted by Crippen LogP contribution is -2.41. The molecule has 2 aromatic rings. The predicted octanol–water partition coefficient (Wildman–Crippen LogP) is 1.73. The van der Waals surface area contributed by atoms with E-state index in [0.717, 1.165) is 25.1 Å². The van der Waals surface area contributed by atoms with Crippen LogP contribution in [0.5, 0.6) is 0 Å². The number of carbonyl (C=O) groups is 1. The van der Waals surface area contributed by atoms with Crippen LogP contribution in [0.1, 0.15) is 12.8 Å². The van der Waals surface area contributed by atoms with Gasteiger partial charge in [0, 0.05) is 31.7 Å². The monoisotopic (exact) mass is 283 g/mol. The second-order valence-electron chi connectivity index (χ2n) is 5.06. The fourth-order valence-electron chi connectivity index (χ4n) is 2.51. The number of carbonyl (C=O) groups excluding carboxylic acids is 1. The van der Waals surface area contributed by atoms with Gasteiger partial charge >= 0.3 is 0 Å². The van der Waals surface area contributed by atoms with Crippen LogP contribution in [-0.4, -0.2) is 33.9 Å². The van der Waals surface area contributed by atoms with E-state index in [-0.39, 0.29) is 11.8 Å². The minimum absolute atomic E-state index is 0.0311. The molecule has 21 heavy (non-hydrogen) atoms. The Morgan fingerprint density at radius 2 is 2.10 bits per heavy atom. The van der Waals surface area contributed by atoms with Gasteiger partial charge in [0.05, 0.1) is 17.8 Å². The van der Waals surface area contributed by atoms with E-state index < -0.39 is 0 Å². The lowest BCUT2D eigenvalue weighted by Gasteiger charge is -2.31. The van der Waals surface area contributed by atoms with Gasteiger partial charge in [-0.25, -0.2) is 9.97 Å². The van der Waals surface area contributed by atoms with Crippen LogP contribution in [0.2, 0.25) is 0 Å². The number of anilines is 2. The molecule has 6 heteroatoms. The predicted molar refractivity (Wildman–Crippen MR) is 79.8 cm³/mol. The van der Waals surface area contributed by atoms with Gasteiger partial charge in [-0.2, -0.15) is 0 Å². The third-order valence-electron chi connectivity index (χ3n) is 3.56. The Morgan fingerprint density at radius 1 is 1.24 bits per heavy atom. The van der Waals surface area contributed by atoms with Gasteiger partial charge in [-0.1, -0.05) is 0 Å². The minimum Gasteiger partial charge on any atom is -0.340 e. The molecule has 1 saturated heterocycles. The molecular weight excluding hydrogens is 266 g/mol. The van der Waals surface area contributed by atoms with Crippen LogP contribution in [0.3, 0.4) is 0 Å². The van der Waals surface area contributed by atoms with E-state index in [2.05, 4.69) is 25.2 Å². The van der Waals surface area contributed by atoms with Crippen molar-refractivity contribution >= 4 is 17.5 Å². The number of amides is 1. The molecule has 1 atom stereocenters. The summed E-state index contributed by atoms with van der Waals surface area (Å²) in [6.07, 6.45) is 8.63. The average molecular weight is 283 g/mol. The molecule has 0 spiro atoms. The summed E-state index contributed by atoms with van der Waals surface area (Å²) in [5.41, 5.74) is 0.732. The second kappa shape index (κ2) is 6.30. The van der Waals surface area contributed by atoms with E-state index in [1.54, 1.807) is 36.9 Å². The van der Waals surface area contributed by atoms with Gasteiger partial charge in [-0.05, 0) is 31.0 Å². The summed E-state index contributed by atoms with van der Waals surface area (Å²) < 4.78 is 0. The smallest absolute Gasteiger partial charge is 0.229 e. The van der Waals surface area contributed by atoms with Crippen LogP contribution in [0.25, 0.3) is 0 Å². The van der Waals surface area contributed by atoms with E-state index in [0.29, 0.717) is 12.5 Å². The number of piperidine rings is 1. The number of hydrogen-bond donors (Lipinski definition) is 1. The lowest BCUT2D eigenvalue weighted by molar-refractivity contribution is -0.120. The first-order valence-corrected chi connectivity index (χ1v) is 7.06. The van der Waals surface area contributed by atoms with Crippen LogP contribution in [-0.2, 0) is 4.79 Å². The third kappa shape index (κ3) is 3.34. The van der Waals surface area contributed by atoms with E-state index in [4.69, 9.17) is 0 Å². The Morgan fingerprint density at radius 3 is 2.86 bits per heavy atom. The first kappa shape index (κ1) is 13.5. The molecule has 1 N–H and O–H groups in total. The van der Waals surface area contributed by atoms with Gasteiger partial charge in [0.2, 0.25) is 11.9 Å². The molecule has 0 aromatic carbocycles. The summed E-state index contributed by atoms with van der Waals surface area (Å²) in [5.74, 6) is 0.669. The van der Waals surface area contributed by atoms with Crippen molar-refractivity contribution in [2.45, 2.75) is 12.8 Å². The number of rotatable bonds is 3. The lowest BCUT2D eigenvalue weighted by atomic mass is 9.97. The molecule has 2 aromatic heterocycles. The van der Waals surface area contributed by atoms with Crippen molar-refractivity contribution in [3.63, 3.8) is 0 Å². The maximum absolute atomic E-state index is 12.3. The van der Waals surface area contributed by atoms with Crippen molar-refractivity contribution in [2.75, 3.05) is 23.3 Å². The van der Waals surface area contributed by atoms with Crippen molar-refractivity contribution in [3.8, 4) is 0 Å². The third-order valence-corrected chi connectivity index (χ3v) is 3.56. The quantitative estimate of drug-likeness (QED) is 0.928. The van der Waals surface area contributed by atoms with Crippen LogP contribution < -0.4 is 10.2 Å². The minimum atomic E-state index is -0.0530. The van der Waals surface area contributed by atoms with Crippen molar-refractivity contribution in [2.24, 2.45) is 5.92 Å². The zero-order valence-corrected chi connectivity index (χ0v) is 11.6. The van der Waals surface area contributed by atoms with Gasteiger partial charge < -0.3 is 10.2 Å². The molecule has 1 fully saturated rings. The standard InChI is InChI=1S/C15H17N5O/c21-14(19-13-5-1-6-16-10-13)12-4-2-9-20(11-12)15-17-7-3-8-18-15/h1,3,5-8,10,12H,2,4,9,11H2,(H,19,21)/t12-/m1/s1. The first-order valence-electron chi connectivity index (χ1n) is 7.06. The normalized spacial score (nSPS) is 18.3. The van der Waals surface area contributed by atoms with Gasteiger partial charge in [0.15, 0.2) is 0 Å². The number of nitrogens with one attached hydrogen (secondary N) is 1. The molecule has 3 rings (SSSR count). The molecule has 108 valence electrons. The maximum atomic E-state index is 12.3. The molecule has 1 aliphatic rings. The number of nitrogens with zero attached hydrogens (tertiary/aromatic N) is 4. The molecule has 0 bridgehead atoms. The molecule has 0 radical (unpaired) electrons. The molecule has 1 aliphatic heterocycles. The van der Waals surface area contributed by atoms with Crippen LogP contribution in [0, 0.1) is 5.92 Å². The second-order valence-corrected chi connectivity index (χ2v) is 5.06. The van der Waals surface area contributed by atoms with Crippen molar-refractivity contribution in [1.29, 1.82) is 0 Å². The Labute approximate surface area is 123 Å². The maximum Gasteiger partial charge on any atom is 0.229 e. The Bertz CT molecular complexity index is 590. The largest absolute Gasteiger partial charge is 0.340 e. The molecule has 1 amide bonds. The summed E-state index contributed by atoms with van der Waals surface area (Å²) in [6, 6.07) is 5.44. The highest BCUT2D eigenvalue weighted by molar-refractivity contribution is 5.92. The van der Waals surface area contributed by atoms with Crippen molar-refractivity contribution in [1.82, 2.24) is 15.0 Å². The molecule has 3 heterocycles. The molecular formula is C15H17N5O. The van der Waals surface area contributed by atoms with Crippen LogP contribution in [0.4, 0.5) is 11.6 Å². The fourth-order valence-corrected chi connectivity index (χ4v) is 2.51. The molecule has 0 aliphatic carbocycles. The number of aromatic nitrogens is 3. The van der Waals surface area contributed by atoms with Crippen molar-refractivity contribution < 1.29 is 4.79 Å². The summed E-state index contributed by atoms with van der Waals surface area (Å²) in [5, 5.41) is 2.91. The number of pyridine rings is 1. The summed E-state index contributed by atoms with van der Waals surface area (Å²) in [7, 11) is 0. The van der Waals surface area contributed by atoms with Crippen LogP contribution >= 0.6 is 0 Å². The van der Waals surface area contributed by atoms with E-state index in [9.17, 15) is 4.79 Å². The highest BCUT2D eigenvalue weighted by atomic mass is 16.1. The van der Waals surface area contributed by atoms with E-state index in [1.807, 2.05) is 6.07 Å². The topological polar surface area (TPSA) is 71.0 Å². The Kier molecular flexibility index (Phi) is 4.04. The summed E-state index contributed by atoms with van der Waals surface area (Å²) >= 11 is 0. The van der Waals surface area contributed by atoms with Crippen LogP contribution in [0.15, 0.2) is 43.0 Å². The summed E-state index contributed by atoms with van der Waals surface area (Å²) in [4.78, 5) is 26.9. The van der Waals surface area contributed by atoms with E-state index >= 15 is 0 Å². The van der Waals surface area contributed by atoms with Gasteiger partial charge in [-0.3, -0.25) is 9.78 Å². The SMILES string of the molecule is O=C(Nc1cccnc1)[C@@H]1CCCN(c2ncccn2)C1. The molecule has 6 nitrogen and oxygen atoms in total. The van der Waals surface area contributed by atoms with Crippen molar-refractivity contribution in [3.05, 3.63) is 43.0 Å². The summed E-state index contributed by atoms with van der Waals surface area (Å²) in [6.45, 7) is 1.54. The first-order chi connectivity index (χ1) is 10.3. The fraction of sp³-hybridized carbons (Fsp3) is 0.333. The Hall–Kier alpha value is -2.50. The molecule has 0 saturated carbocycles. The zero-order valence-electron chi connectivity index (χ0n) is 11.6. The Balaban J connectivity index is 1.64. The zero-order chi connectivity index (χ0) is 14.5. The van der Waals surface area contributed by atoms with E-state index in [1.165, 1.54) is 0 Å². The molecule has 0 unspecified atom stereocenters.